The molecule has 0 unspecified atom stereocenters. The molecule has 1 fully saturated rings. The maximum atomic E-state index is 10.9. The molecule has 1 saturated heterocycles. The molecule has 140 valence electrons. The van der Waals surface area contributed by atoms with Gasteiger partial charge in [0, 0.05) is 41.8 Å². The van der Waals surface area contributed by atoms with Crippen LogP contribution in [0.2, 0.25) is 0 Å². The van der Waals surface area contributed by atoms with Gasteiger partial charge in [-0.3, -0.25) is 20.2 Å². The van der Waals surface area contributed by atoms with Gasteiger partial charge < -0.3 is 10.5 Å². The third-order valence-electron chi connectivity index (χ3n) is 5.08. The Bertz CT molecular complexity index is 880. The Balaban J connectivity index is 1.89. The fourth-order valence-corrected chi connectivity index (χ4v) is 3.53. The molecule has 2 aromatic rings. The van der Waals surface area contributed by atoms with Crippen LogP contribution in [-0.4, -0.2) is 20.8 Å². The minimum Gasteiger partial charge on any atom is -0.411 e. The smallest absolute Gasteiger partial charge is 0.269 e. The van der Waals surface area contributed by atoms with Gasteiger partial charge in [-0.05, 0) is 24.3 Å². The molecule has 3 N–H and O–H groups in total. The zero-order valence-corrected chi connectivity index (χ0v) is 14.6. The summed E-state index contributed by atoms with van der Waals surface area (Å²) in [6, 6.07) is 12.5. The molecular weight excluding hydrogens is 352 g/mol. The van der Waals surface area contributed by atoms with Crippen LogP contribution in [0.1, 0.15) is 36.6 Å². The number of quaternary nitrogens is 1. The minimum absolute atomic E-state index is 0.0187. The Hall–Kier alpha value is -3.33. The third kappa shape index (κ3) is 3.77. The molecular formula is C18H19N4O5+. The summed E-state index contributed by atoms with van der Waals surface area (Å²) in [7, 11) is 0. The molecule has 0 aliphatic carbocycles. The SMILES string of the molecule is C[C@H]1/C(=N\O)C[C@@H](c2ccc([N+](=O)[O-])cc2)[NH2+][C@@H]1c1ccc([N+](=O)[O-])cc1. The molecule has 3 rings (SSSR count). The average Bonchev–Trinajstić information content (AvgIpc) is 2.68. The van der Waals surface area contributed by atoms with Crippen molar-refractivity contribution in [3.05, 3.63) is 79.9 Å². The molecule has 3 atom stereocenters. The van der Waals surface area contributed by atoms with E-state index in [0.717, 1.165) is 11.1 Å². The number of benzene rings is 2. The quantitative estimate of drug-likeness (QED) is 0.484. The highest BCUT2D eigenvalue weighted by Gasteiger charge is 2.38. The van der Waals surface area contributed by atoms with Gasteiger partial charge >= 0.3 is 0 Å². The first kappa shape index (κ1) is 18.5. The summed E-state index contributed by atoms with van der Waals surface area (Å²) in [4.78, 5) is 20.8. The van der Waals surface area contributed by atoms with E-state index in [-0.39, 0.29) is 29.4 Å². The monoisotopic (exact) mass is 371 g/mol. The molecule has 1 aliphatic rings. The van der Waals surface area contributed by atoms with Crippen LogP contribution in [-0.2, 0) is 0 Å². The summed E-state index contributed by atoms with van der Waals surface area (Å²) >= 11 is 0. The first-order valence-corrected chi connectivity index (χ1v) is 8.45. The summed E-state index contributed by atoms with van der Waals surface area (Å²) in [6.07, 6.45) is 0.513. The van der Waals surface area contributed by atoms with Crippen LogP contribution in [0.15, 0.2) is 53.7 Å². The number of nitrogens with zero attached hydrogens (tertiary/aromatic N) is 3. The first-order valence-electron chi connectivity index (χ1n) is 8.45. The summed E-state index contributed by atoms with van der Waals surface area (Å²) in [5.74, 6) is -0.0641. The Labute approximate surface area is 154 Å². The second-order valence-corrected chi connectivity index (χ2v) is 6.61. The zero-order chi connectivity index (χ0) is 19.6. The lowest BCUT2D eigenvalue weighted by Gasteiger charge is -2.33. The van der Waals surface area contributed by atoms with Crippen molar-refractivity contribution in [3.63, 3.8) is 0 Å². The van der Waals surface area contributed by atoms with Gasteiger partial charge in [0.2, 0.25) is 0 Å². The highest BCUT2D eigenvalue weighted by atomic mass is 16.6. The predicted octanol–water partition coefficient (Wildman–Crippen LogP) is 2.72. The molecule has 9 heteroatoms. The predicted molar refractivity (Wildman–Crippen MR) is 96.6 cm³/mol. The fourth-order valence-electron chi connectivity index (χ4n) is 3.53. The van der Waals surface area contributed by atoms with Crippen LogP contribution in [0.3, 0.4) is 0 Å². The van der Waals surface area contributed by atoms with Gasteiger partial charge in [0.1, 0.15) is 12.1 Å². The lowest BCUT2D eigenvalue weighted by Crippen LogP contribution is -2.90. The Morgan fingerprint density at radius 2 is 1.44 bits per heavy atom. The standard InChI is InChI=1S/C18H18N4O5/c1-11-16(20-23)10-17(12-2-6-14(7-3-12)21(24)25)19-18(11)13-4-8-15(9-5-13)22(26)27/h2-9,11,17-19,23H,10H2,1H3/p+1/b20-16-/t11-,17-,18-/m0/s1. The van der Waals surface area contributed by atoms with E-state index in [1.54, 1.807) is 24.3 Å². The van der Waals surface area contributed by atoms with E-state index in [9.17, 15) is 25.4 Å². The molecule has 0 bridgehead atoms. The van der Waals surface area contributed by atoms with Crippen molar-refractivity contribution >= 4 is 17.1 Å². The number of non-ortho nitro benzene ring substituents is 2. The Morgan fingerprint density at radius 3 is 1.89 bits per heavy atom. The topological polar surface area (TPSA) is 135 Å². The van der Waals surface area contributed by atoms with Crippen LogP contribution >= 0.6 is 0 Å². The van der Waals surface area contributed by atoms with Crippen LogP contribution < -0.4 is 5.32 Å². The minimum atomic E-state index is -0.448. The van der Waals surface area contributed by atoms with Gasteiger partial charge in [-0.2, -0.15) is 0 Å². The van der Waals surface area contributed by atoms with E-state index in [0.29, 0.717) is 12.1 Å². The van der Waals surface area contributed by atoms with Crippen molar-refractivity contribution in [2.45, 2.75) is 25.4 Å². The molecule has 0 amide bonds. The van der Waals surface area contributed by atoms with Gasteiger partial charge in [0.25, 0.3) is 11.4 Å². The van der Waals surface area contributed by atoms with Crippen LogP contribution in [0.4, 0.5) is 11.4 Å². The van der Waals surface area contributed by atoms with Gasteiger partial charge in [0.15, 0.2) is 0 Å². The maximum Gasteiger partial charge on any atom is 0.269 e. The second kappa shape index (κ2) is 7.50. The third-order valence-corrected chi connectivity index (χ3v) is 5.08. The lowest BCUT2D eigenvalue weighted by molar-refractivity contribution is -0.741. The van der Waals surface area contributed by atoms with Gasteiger partial charge in [-0.1, -0.05) is 12.1 Å². The van der Waals surface area contributed by atoms with E-state index in [1.807, 2.05) is 6.92 Å². The number of rotatable bonds is 4. The second-order valence-electron chi connectivity index (χ2n) is 6.61. The van der Waals surface area contributed by atoms with Gasteiger partial charge in [-0.15, -0.1) is 0 Å². The molecule has 0 saturated carbocycles. The van der Waals surface area contributed by atoms with Gasteiger partial charge in [0.05, 0.1) is 21.5 Å². The van der Waals surface area contributed by atoms with Crippen molar-refractivity contribution in [2.24, 2.45) is 11.1 Å². The maximum absolute atomic E-state index is 10.9. The van der Waals surface area contributed by atoms with Crippen molar-refractivity contribution in [1.29, 1.82) is 0 Å². The van der Waals surface area contributed by atoms with Crippen molar-refractivity contribution in [2.75, 3.05) is 0 Å². The van der Waals surface area contributed by atoms with E-state index < -0.39 is 9.85 Å². The zero-order valence-electron chi connectivity index (χ0n) is 14.6. The van der Waals surface area contributed by atoms with Crippen molar-refractivity contribution in [3.8, 4) is 0 Å². The Morgan fingerprint density at radius 1 is 0.963 bits per heavy atom. The molecule has 0 spiro atoms. The molecule has 2 aromatic carbocycles. The molecule has 27 heavy (non-hydrogen) atoms. The van der Waals surface area contributed by atoms with Crippen LogP contribution in [0.5, 0.6) is 0 Å². The fraction of sp³-hybridized carbons (Fsp3) is 0.278. The van der Waals surface area contributed by atoms with E-state index in [1.165, 1.54) is 24.3 Å². The molecule has 0 radical (unpaired) electrons. The summed E-state index contributed by atoms with van der Waals surface area (Å²) in [5, 5.41) is 36.7. The first-order chi connectivity index (χ1) is 12.9. The number of nitro groups is 2. The number of nitrogens with two attached hydrogens (primary N) is 1. The highest BCUT2D eigenvalue weighted by molar-refractivity contribution is 5.87. The number of oxime groups is 1. The number of hydrogen-bond acceptors (Lipinski definition) is 6. The van der Waals surface area contributed by atoms with E-state index in [4.69, 9.17) is 0 Å². The molecule has 0 aromatic heterocycles. The van der Waals surface area contributed by atoms with Gasteiger partial charge in [-0.25, -0.2) is 0 Å². The molecule has 1 heterocycles. The molecule has 9 nitrogen and oxygen atoms in total. The summed E-state index contributed by atoms with van der Waals surface area (Å²) < 4.78 is 0. The number of nitro benzene ring substituents is 2. The van der Waals surface area contributed by atoms with E-state index >= 15 is 0 Å². The average molecular weight is 371 g/mol. The van der Waals surface area contributed by atoms with Crippen molar-refractivity contribution < 1.29 is 20.4 Å². The number of piperidine rings is 1. The van der Waals surface area contributed by atoms with Crippen molar-refractivity contribution in [1.82, 2.24) is 0 Å². The molecule has 1 aliphatic heterocycles. The summed E-state index contributed by atoms with van der Waals surface area (Å²) in [6.45, 7) is 1.95. The van der Waals surface area contributed by atoms with Crippen LogP contribution in [0.25, 0.3) is 0 Å². The Kier molecular flexibility index (Phi) is 5.13. The van der Waals surface area contributed by atoms with E-state index in [2.05, 4.69) is 10.5 Å². The largest absolute Gasteiger partial charge is 0.411 e. The normalized spacial score (nSPS) is 23.9. The number of hydrogen-bond donors (Lipinski definition) is 2. The lowest BCUT2D eigenvalue weighted by atomic mass is 9.81. The summed E-state index contributed by atoms with van der Waals surface area (Å²) in [5.41, 5.74) is 2.45. The highest BCUT2D eigenvalue weighted by Crippen LogP contribution is 2.31. The van der Waals surface area contributed by atoms with Crippen LogP contribution in [0, 0.1) is 26.1 Å².